The quantitative estimate of drug-likeness (QED) is 0.200. The molecule has 1 heterocycles. The lowest BCUT2D eigenvalue weighted by Crippen LogP contribution is -1.99. The average Bonchev–Trinajstić information content (AvgIpc) is 3.07. The van der Waals surface area contributed by atoms with Gasteiger partial charge >= 0.3 is 0 Å². The van der Waals surface area contributed by atoms with Crippen LogP contribution in [0.25, 0.3) is 32.4 Å². The Kier molecular flexibility index (Phi) is 12.6. The molecule has 0 unspecified atom stereocenters. The average molecular weight is 591 g/mol. The molecule has 6 aromatic rings. The number of aliphatic imine (C=N–C) groups is 1. The SMILES string of the molecule is CC.CC.CCc1cccc2ccc(C(C)=NC)nc12.Oc1cc2ccccc2cc1Sc1c(O)ccc2ccccc12. The number of benzene rings is 5. The number of aryl methyl sites for hydroxylation is 1. The first-order chi connectivity index (χ1) is 21.0. The number of hydrogen-bond acceptors (Lipinski definition) is 5. The van der Waals surface area contributed by atoms with Gasteiger partial charge in [0.25, 0.3) is 0 Å². The van der Waals surface area contributed by atoms with Crippen LogP contribution in [0.5, 0.6) is 11.5 Å². The largest absolute Gasteiger partial charge is 0.507 e. The van der Waals surface area contributed by atoms with Crippen LogP contribution < -0.4 is 0 Å². The minimum atomic E-state index is 0.223. The molecule has 0 atom stereocenters. The third-order valence-corrected chi connectivity index (χ3v) is 7.97. The summed E-state index contributed by atoms with van der Waals surface area (Å²) in [5.41, 5.74) is 4.34. The molecule has 0 saturated carbocycles. The van der Waals surface area contributed by atoms with Crippen molar-refractivity contribution in [3.63, 3.8) is 0 Å². The Labute approximate surface area is 260 Å². The van der Waals surface area contributed by atoms with E-state index in [2.05, 4.69) is 41.2 Å². The summed E-state index contributed by atoms with van der Waals surface area (Å²) in [6.45, 7) is 12.1. The third kappa shape index (κ3) is 7.94. The molecule has 0 aliphatic carbocycles. The van der Waals surface area contributed by atoms with Gasteiger partial charge in [-0.2, -0.15) is 0 Å². The van der Waals surface area contributed by atoms with Crippen molar-refractivity contribution in [3.8, 4) is 11.5 Å². The van der Waals surface area contributed by atoms with Crippen molar-refractivity contribution in [3.05, 3.63) is 114 Å². The number of fused-ring (bicyclic) bond motifs is 3. The zero-order valence-electron chi connectivity index (χ0n) is 26.2. The number of phenolic OH excluding ortho intramolecular Hbond substituents is 2. The molecule has 0 fully saturated rings. The number of pyridine rings is 1. The van der Waals surface area contributed by atoms with E-state index in [1.807, 2.05) is 101 Å². The van der Waals surface area contributed by atoms with E-state index in [4.69, 9.17) is 0 Å². The van der Waals surface area contributed by atoms with Crippen LogP contribution in [0.3, 0.4) is 0 Å². The Morgan fingerprint density at radius 1 is 0.698 bits per heavy atom. The summed E-state index contributed by atoms with van der Waals surface area (Å²) in [7, 11) is 1.80. The molecule has 222 valence electrons. The zero-order valence-corrected chi connectivity index (χ0v) is 27.0. The molecular weight excluding hydrogens is 548 g/mol. The highest BCUT2D eigenvalue weighted by Crippen LogP contribution is 2.43. The van der Waals surface area contributed by atoms with E-state index in [0.29, 0.717) is 0 Å². The highest BCUT2D eigenvalue weighted by molar-refractivity contribution is 7.99. The van der Waals surface area contributed by atoms with Crippen LogP contribution in [0.1, 0.15) is 52.8 Å². The molecule has 5 aromatic carbocycles. The van der Waals surface area contributed by atoms with E-state index in [0.717, 1.165) is 54.7 Å². The van der Waals surface area contributed by atoms with Gasteiger partial charge in [-0.05, 0) is 64.7 Å². The van der Waals surface area contributed by atoms with Crippen LogP contribution in [0.2, 0.25) is 0 Å². The summed E-state index contributed by atoms with van der Waals surface area (Å²) < 4.78 is 0. The van der Waals surface area contributed by atoms with Crippen molar-refractivity contribution in [2.45, 2.75) is 57.8 Å². The zero-order chi connectivity index (χ0) is 31.4. The van der Waals surface area contributed by atoms with Crippen molar-refractivity contribution < 1.29 is 10.2 Å². The summed E-state index contributed by atoms with van der Waals surface area (Å²) >= 11 is 1.39. The van der Waals surface area contributed by atoms with Gasteiger partial charge in [-0.1, -0.05) is 125 Å². The lowest BCUT2D eigenvalue weighted by Gasteiger charge is -2.11. The fourth-order valence-electron chi connectivity index (χ4n) is 4.55. The number of rotatable bonds is 4. The molecule has 4 nitrogen and oxygen atoms in total. The first kappa shape index (κ1) is 33.2. The number of para-hydroxylation sites is 1. The van der Waals surface area contributed by atoms with E-state index in [-0.39, 0.29) is 11.5 Å². The highest BCUT2D eigenvalue weighted by atomic mass is 32.2. The number of phenols is 2. The maximum absolute atomic E-state index is 10.3. The van der Waals surface area contributed by atoms with E-state index >= 15 is 0 Å². The van der Waals surface area contributed by atoms with Crippen LogP contribution in [0, 0.1) is 0 Å². The van der Waals surface area contributed by atoms with Crippen LogP contribution in [0.4, 0.5) is 0 Å². The molecule has 6 rings (SSSR count). The van der Waals surface area contributed by atoms with Gasteiger partial charge in [0.2, 0.25) is 0 Å². The van der Waals surface area contributed by atoms with Gasteiger partial charge in [0.1, 0.15) is 11.5 Å². The third-order valence-electron chi connectivity index (χ3n) is 6.79. The van der Waals surface area contributed by atoms with Crippen LogP contribution in [0.15, 0.2) is 118 Å². The summed E-state index contributed by atoms with van der Waals surface area (Å²) in [5, 5.41) is 25.9. The number of nitrogens with zero attached hydrogens (tertiary/aromatic N) is 2. The van der Waals surface area contributed by atoms with Crippen LogP contribution >= 0.6 is 11.8 Å². The van der Waals surface area contributed by atoms with Crippen LogP contribution in [-0.4, -0.2) is 28.0 Å². The monoisotopic (exact) mass is 590 g/mol. The van der Waals surface area contributed by atoms with Gasteiger partial charge < -0.3 is 10.2 Å². The fourth-order valence-corrected chi connectivity index (χ4v) is 5.59. The molecule has 0 saturated heterocycles. The Hall–Kier alpha value is -4.35. The Morgan fingerprint density at radius 3 is 1.98 bits per heavy atom. The molecule has 0 aliphatic heterocycles. The van der Waals surface area contributed by atoms with Gasteiger partial charge in [-0.3, -0.25) is 4.99 Å². The molecule has 43 heavy (non-hydrogen) atoms. The van der Waals surface area contributed by atoms with E-state index in [9.17, 15) is 10.2 Å². The Morgan fingerprint density at radius 2 is 1.30 bits per heavy atom. The number of aromatic hydroxyl groups is 2. The van der Waals surface area contributed by atoms with Gasteiger partial charge in [0.05, 0.1) is 26.7 Å². The maximum Gasteiger partial charge on any atom is 0.130 e. The topological polar surface area (TPSA) is 65.7 Å². The highest BCUT2D eigenvalue weighted by Gasteiger charge is 2.12. The maximum atomic E-state index is 10.3. The lowest BCUT2D eigenvalue weighted by atomic mass is 10.1. The Bertz CT molecular complexity index is 1830. The fraction of sp³-hybridized carbons (Fsp3) is 0.211. The first-order valence-electron chi connectivity index (χ1n) is 14.9. The van der Waals surface area contributed by atoms with Crippen molar-refractivity contribution in [1.82, 2.24) is 4.98 Å². The summed E-state index contributed by atoms with van der Waals surface area (Å²) in [5.74, 6) is 0.447. The van der Waals surface area contributed by atoms with Gasteiger partial charge in [-0.25, -0.2) is 4.98 Å². The van der Waals surface area contributed by atoms with E-state index in [1.54, 1.807) is 19.2 Å². The summed E-state index contributed by atoms with van der Waals surface area (Å²) in [4.78, 5) is 10.4. The minimum Gasteiger partial charge on any atom is -0.507 e. The Balaban J connectivity index is 0.000000223. The lowest BCUT2D eigenvalue weighted by molar-refractivity contribution is 0.461. The number of hydrogen-bond donors (Lipinski definition) is 2. The predicted molar refractivity (Wildman–Crippen MR) is 187 cm³/mol. The van der Waals surface area contributed by atoms with Crippen LogP contribution in [-0.2, 0) is 6.42 Å². The standard InChI is InChI=1S/C20H14O2S.C14H16N2.2C2H6/c21-17-10-9-13-5-3-4-8-16(13)20(17)23-19-12-15-7-2-1-6-14(15)11-18(19)22;1-4-11-6-5-7-12-8-9-13(10(2)15-3)16-14(11)12;2*1-2/h1-12,21-22H;5-9H,4H2,1-3H3;2*1-2H3. The second-order valence-electron chi connectivity index (χ2n) is 9.25. The van der Waals surface area contributed by atoms with Gasteiger partial charge in [0, 0.05) is 12.4 Å². The molecule has 2 N–H and O–H groups in total. The molecule has 0 aliphatic rings. The smallest absolute Gasteiger partial charge is 0.130 e. The second-order valence-corrected chi connectivity index (χ2v) is 10.3. The van der Waals surface area contributed by atoms with Gasteiger partial charge in [0.15, 0.2) is 0 Å². The van der Waals surface area contributed by atoms with E-state index in [1.165, 1.54) is 22.7 Å². The van der Waals surface area contributed by atoms with Crippen molar-refractivity contribution in [2.75, 3.05) is 7.05 Å². The molecule has 0 amide bonds. The first-order valence-corrected chi connectivity index (χ1v) is 15.7. The second kappa shape index (κ2) is 16.3. The normalized spacial score (nSPS) is 10.7. The molecule has 1 aromatic heterocycles. The summed E-state index contributed by atoms with van der Waals surface area (Å²) in [6.07, 6.45) is 1.01. The summed E-state index contributed by atoms with van der Waals surface area (Å²) in [6, 6.07) is 33.6. The molecule has 0 bridgehead atoms. The molecule has 5 heteroatoms. The predicted octanol–water partition coefficient (Wildman–Crippen LogP) is 10.8. The van der Waals surface area contributed by atoms with E-state index < -0.39 is 0 Å². The number of aromatic nitrogens is 1. The van der Waals surface area contributed by atoms with Crippen molar-refractivity contribution in [1.29, 1.82) is 0 Å². The molecular formula is C38H42N2O2S. The van der Waals surface area contributed by atoms with Crippen molar-refractivity contribution in [2.24, 2.45) is 4.99 Å². The molecule has 0 spiro atoms. The van der Waals surface area contributed by atoms with Gasteiger partial charge in [-0.15, -0.1) is 0 Å². The molecule has 0 radical (unpaired) electrons. The van der Waals surface area contributed by atoms with Crippen molar-refractivity contribution >= 4 is 49.9 Å². The minimum absolute atomic E-state index is 0.223.